The van der Waals surface area contributed by atoms with E-state index in [1.54, 1.807) is 4.72 Å². The van der Waals surface area contributed by atoms with Crippen LogP contribution in [0.5, 0.6) is 0 Å². The largest absolute Gasteiger partial charge is 0.268 e. The van der Waals surface area contributed by atoms with Crippen molar-refractivity contribution in [3.63, 3.8) is 0 Å². The minimum Gasteiger partial charge on any atom is -0.268 e. The quantitative estimate of drug-likeness (QED) is 0.879. The van der Waals surface area contributed by atoms with Crippen molar-refractivity contribution >= 4 is 27.5 Å². The van der Waals surface area contributed by atoms with Crippen molar-refractivity contribution in [2.24, 2.45) is 0 Å². The second-order valence-electron chi connectivity index (χ2n) is 3.73. The van der Waals surface area contributed by atoms with E-state index in [2.05, 4.69) is 4.98 Å². The summed E-state index contributed by atoms with van der Waals surface area (Å²) >= 11 is 5.60. The predicted octanol–water partition coefficient (Wildman–Crippen LogP) is 1.99. The van der Waals surface area contributed by atoms with Gasteiger partial charge in [-0.2, -0.15) is 0 Å². The molecule has 2 rings (SSSR count). The minimum atomic E-state index is -4.29. The van der Waals surface area contributed by atoms with Gasteiger partial charge in [-0.05, 0) is 24.3 Å². The second-order valence-corrected chi connectivity index (χ2v) is 5.77. The number of aromatic nitrogens is 1. The van der Waals surface area contributed by atoms with E-state index >= 15 is 0 Å². The third-order valence-corrected chi connectivity index (χ3v) is 3.91. The highest BCUT2D eigenvalue weighted by molar-refractivity contribution is 7.90. The van der Waals surface area contributed by atoms with Gasteiger partial charge in [0.25, 0.3) is 15.9 Å². The summed E-state index contributed by atoms with van der Waals surface area (Å²) in [7, 11) is -4.29. The fourth-order valence-corrected chi connectivity index (χ4v) is 2.67. The third-order valence-electron chi connectivity index (χ3n) is 2.34. The second kappa shape index (κ2) is 5.56. The van der Waals surface area contributed by atoms with Crippen LogP contribution in [0.1, 0.15) is 10.4 Å². The molecule has 1 N–H and O–H groups in total. The molecule has 1 aromatic carbocycles. The Morgan fingerprint density at radius 3 is 2.60 bits per heavy atom. The first kappa shape index (κ1) is 14.4. The van der Waals surface area contributed by atoms with Gasteiger partial charge < -0.3 is 0 Å². The van der Waals surface area contributed by atoms with E-state index in [1.165, 1.54) is 30.5 Å². The number of nitrogens with zero attached hydrogens (tertiary/aromatic N) is 1. The zero-order chi connectivity index (χ0) is 14.8. The van der Waals surface area contributed by atoms with Crippen molar-refractivity contribution < 1.29 is 17.6 Å². The van der Waals surface area contributed by atoms with Gasteiger partial charge in [-0.1, -0.05) is 23.7 Å². The highest BCUT2D eigenvalue weighted by atomic mass is 35.5. The van der Waals surface area contributed by atoms with Crippen LogP contribution < -0.4 is 4.72 Å². The number of amides is 1. The number of carbonyl (C=O) groups is 1. The summed E-state index contributed by atoms with van der Waals surface area (Å²) in [5.41, 5.74) is 0.00455. The van der Waals surface area contributed by atoms with Gasteiger partial charge in [0.1, 0.15) is 15.9 Å². The average molecular weight is 315 g/mol. The molecule has 0 atom stereocenters. The molecule has 5 nitrogen and oxygen atoms in total. The van der Waals surface area contributed by atoms with E-state index in [0.717, 1.165) is 12.1 Å². The zero-order valence-electron chi connectivity index (χ0n) is 9.88. The van der Waals surface area contributed by atoms with Crippen LogP contribution in [0.2, 0.25) is 5.15 Å². The lowest BCUT2D eigenvalue weighted by atomic mass is 10.3. The molecule has 20 heavy (non-hydrogen) atoms. The lowest BCUT2D eigenvalue weighted by molar-refractivity contribution is 0.0981. The highest BCUT2D eigenvalue weighted by Crippen LogP contribution is 2.14. The molecule has 0 saturated heterocycles. The number of hydrogen-bond acceptors (Lipinski definition) is 4. The number of hydrogen-bond donors (Lipinski definition) is 1. The summed E-state index contributed by atoms with van der Waals surface area (Å²) < 4.78 is 39.0. The first-order valence-corrected chi connectivity index (χ1v) is 7.19. The molecule has 0 radical (unpaired) electrons. The lowest BCUT2D eigenvalue weighted by Gasteiger charge is -2.07. The smallest absolute Gasteiger partial charge is 0.267 e. The Kier molecular flexibility index (Phi) is 4.01. The van der Waals surface area contributed by atoms with E-state index in [9.17, 15) is 17.6 Å². The summed E-state index contributed by atoms with van der Waals surface area (Å²) in [6.45, 7) is 0. The van der Waals surface area contributed by atoms with E-state index in [0.29, 0.717) is 0 Å². The molecule has 0 unspecified atom stereocenters. The van der Waals surface area contributed by atoms with E-state index in [1.807, 2.05) is 0 Å². The van der Waals surface area contributed by atoms with Gasteiger partial charge in [0.15, 0.2) is 0 Å². The van der Waals surface area contributed by atoms with Crippen LogP contribution in [0.3, 0.4) is 0 Å². The molecular formula is C12H8ClFN2O3S. The molecule has 2 aromatic rings. The van der Waals surface area contributed by atoms with Gasteiger partial charge in [-0.25, -0.2) is 22.5 Å². The van der Waals surface area contributed by atoms with E-state index in [-0.39, 0.29) is 10.7 Å². The van der Waals surface area contributed by atoms with Crippen molar-refractivity contribution in [1.82, 2.24) is 9.71 Å². The summed E-state index contributed by atoms with van der Waals surface area (Å²) in [6.07, 6.45) is 1.26. The van der Waals surface area contributed by atoms with Crippen LogP contribution in [-0.2, 0) is 10.0 Å². The molecule has 1 aromatic heterocycles. The first-order valence-electron chi connectivity index (χ1n) is 5.33. The Bertz CT molecular complexity index is 765. The summed E-state index contributed by atoms with van der Waals surface area (Å²) in [5, 5.41) is 0.0425. The number of benzene rings is 1. The molecule has 104 valence electrons. The normalized spacial score (nSPS) is 11.1. The summed E-state index contributed by atoms with van der Waals surface area (Å²) in [6, 6.07) is 7.24. The molecule has 0 spiro atoms. The van der Waals surface area contributed by atoms with Gasteiger partial charge in [0.05, 0.1) is 0 Å². The Labute approximate surface area is 119 Å². The number of sulfonamides is 1. The number of nitrogens with one attached hydrogen (secondary N) is 1. The number of carbonyl (C=O) groups excluding carboxylic acids is 1. The molecule has 1 heterocycles. The Hall–Kier alpha value is -1.99. The van der Waals surface area contributed by atoms with Crippen LogP contribution in [0.4, 0.5) is 4.39 Å². The summed E-state index contributed by atoms with van der Waals surface area (Å²) in [5.74, 6) is -1.86. The van der Waals surface area contributed by atoms with Crippen LogP contribution in [0, 0.1) is 5.82 Å². The van der Waals surface area contributed by atoms with Crippen molar-refractivity contribution in [2.75, 3.05) is 0 Å². The SMILES string of the molecule is O=C(NS(=O)(=O)c1ccccc1F)c1ccnc(Cl)c1. The molecule has 0 fully saturated rings. The molecule has 1 amide bonds. The maximum absolute atomic E-state index is 13.4. The van der Waals surface area contributed by atoms with Gasteiger partial charge in [0.2, 0.25) is 0 Å². The topological polar surface area (TPSA) is 76.1 Å². The first-order chi connectivity index (χ1) is 9.40. The molecule has 0 aliphatic rings. The van der Waals surface area contributed by atoms with Crippen molar-refractivity contribution in [3.8, 4) is 0 Å². The predicted molar refractivity (Wildman–Crippen MR) is 70.3 cm³/mol. The lowest BCUT2D eigenvalue weighted by Crippen LogP contribution is -2.31. The number of pyridine rings is 1. The fraction of sp³-hybridized carbons (Fsp3) is 0. The molecule has 0 bridgehead atoms. The van der Waals surface area contributed by atoms with Crippen molar-refractivity contribution in [2.45, 2.75) is 4.90 Å². The fourth-order valence-electron chi connectivity index (χ4n) is 1.44. The monoisotopic (exact) mass is 314 g/mol. The van der Waals surface area contributed by atoms with E-state index in [4.69, 9.17) is 11.6 Å². The zero-order valence-corrected chi connectivity index (χ0v) is 11.5. The van der Waals surface area contributed by atoms with Gasteiger partial charge in [-0.15, -0.1) is 0 Å². The van der Waals surface area contributed by atoms with Crippen LogP contribution in [-0.4, -0.2) is 19.3 Å². The van der Waals surface area contributed by atoms with Crippen molar-refractivity contribution in [3.05, 3.63) is 59.1 Å². The Morgan fingerprint density at radius 1 is 1.25 bits per heavy atom. The van der Waals surface area contributed by atoms with Gasteiger partial charge in [-0.3, -0.25) is 4.79 Å². The third kappa shape index (κ3) is 3.12. The Morgan fingerprint density at radius 2 is 1.95 bits per heavy atom. The standard InChI is InChI=1S/C12H8ClFN2O3S/c13-11-7-8(5-6-15-11)12(17)16-20(18,19)10-4-2-1-3-9(10)14/h1-7H,(H,16,17). The minimum absolute atomic E-state index is 0.00455. The molecule has 0 saturated carbocycles. The van der Waals surface area contributed by atoms with Gasteiger partial charge >= 0.3 is 0 Å². The molecular weight excluding hydrogens is 307 g/mol. The maximum atomic E-state index is 13.4. The van der Waals surface area contributed by atoms with Crippen LogP contribution in [0.15, 0.2) is 47.5 Å². The molecule has 0 aliphatic heterocycles. The number of halogens is 2. The summed E-state index contributed by atoms with van der Waals surface area (Å²) in [4.78, 5) is 14.9. The van der Waals surface area contributed by atoms with Crippen LogP contribution >= 0.6 is 11.6 Å². The average Bonchev–Trinajstić information content (AvgIpc) is 2.38. The number of rotatable bonds is 3. The molecule has 8 heteroatoms. The molecule has 0 aliphatic carbocycles. The van der Waals surface area contributed by atoms with E-state index < -0.39 is 26.6 Å². The Balaban J connectivity index is 2.30. The van der Waals surface area contributed by atoms with Crippen LogP contribution in [0.25, 0.3) is 0 Å². The highest BCUT2D eigenvalue weighted by Gasteiger charge is 2.22. The van der Waals surface area contributed by atoms with Crippen molar-refractivity contribution in [1.29, 1.82) is 0 Å². The maximum Gasteiger partial charge on any atom is 0.267 e. The van der Waals surface area contributed by atoms with Gasteiger partial charge in [0, 0.05) is 11.8 Å².